The lowest BCUT2D eigenvalue weighted by atomic mass is 9.89. The Hall–Kier alpha value is -3.52. The predicted molar refractivity (Wildman–Crippen MR) is 193 cm³/mol. The zero-order valence-electron chi connectivity index (χ0n) is 29.3. The molecule has 0 aromatic heterocycles. The number of ether oxygens (including phenoxy) is 1. The summed E-state index contributed by atoms with van der Waals surface area (Å²) in [4.78, 5) is 13.3. The topological polar surface area (TPSA) is 96.5 Å². The first kappa shape index (κ1) is 36.9. The van der Waals surface area contributed by atoms with Crippen LogP contribution in [-0.4, -0.2) is 20.9 Å². The number of hydrogen-bond acceptors (Lipinski definition) is 5. The smallest absolute Gasteiger partial charge is 0.262 e. The predicted octanol–water partition coefficient (Wildman–Crippen LogP) is 10.5. The van der Waals surface area contributed by atoms with Gasteiger partial charge < -0.3 is 15.4 Å². The molecule has 0 bridgehead atoms. The molecule has 1 atom stereocenters. The number of anilines is 4. The van der Waals surface area contributed by atoms with Crippen molar-refractivity contribution in [2.45, 2.75) is 117 Å². The van der Waals surface area contributed by atoms with Crippen molar-refractivity contribution in [2.24, 2.45) is 5.92 Å². The molecular formula is C38H55N3O4S. The Kier molecular flexibility index (Phi) is 13.5. The zero-order valence-corrected chi connectivity index (χ0v) is 30.1. The first-order valence-corrected chi connectivity index (χ1v) is 18.4. The lowest BCUT2D eigenvalue weighted by Gasteiger charge is -2.23. The summed E-state index contributed by atoms with van der Waals surface area (Å²) in [5, 5.41) is 6.41. The van der Waals surface area contributed by atoms with Crippen LogP contribution in [0.5, 0.6) is 5.75 Å². The Bertz CT molecular complexity index is 1520. The number of benzene rings is 3. The molecule has 0 aliphatic carbocycles. The van der Waals surface area contributed by atoms with Gasteiger partial charge in [-0.3, -0.25) is 9.52 Å². The quantitative estimate of drug-likeness (QED) is 0.126. The molecule has 0 saturated heterocycles. The Balaban J connectivity index is 1.95. The Morgan fingerprint density at radius 1 is 0.739 bits per heavy atom. The van der Waals surface area contributed by atoms with E-state index in [2.05, 4.69) is 36.1 Å². The molecule has 3 N–H and O–H groups in total. The fraction of sp³-hybridized carbons (Fsp3) is 0.500. The van der Waals surface area contributed by atoms with E-state index in [0.29, 0.717) is 35.0 Å². The van der Waals surface area contributed by atoms with E-state index >= 15 is 0 Å². The summed E-state index contributed by atoms with van der Waals surface area (Å²) in [6, 6.07) is 17.0. The number of sulfonamides is 1. The summed E-state index contributed by atoms with van der Waals surface area (Å²) in [5.41, 5.74) is 5.07. The van der Waals surface area contributed by atoms with Crippen molar-refractivity contribution < 1.29 is 17.9 Å². The van der Waals surface area contributed by atoms with Crippen molar-refractivity contribution in [1.29, 1.82) is 0 Å². The Morgan fingerprint density at radius 3 is 1.89 bits per heavy atom. The highest BCUT2D eigenvalue weighted by atomic mass is 32.2. The van der Waals surface area contributed by atoms with Crippen LogP contribution in [-0.2, 0) is 14.8 Å². The first-order chi connectivity index (χ1) is 21.8. The maximum atomic E-state index is 14.1. The summed E-state index contributed by atoms with van der Waals surface area (Å²) in [7, 11) is -3.96. The highest BCUT2D eigenvalue weighted by molar-refractivity contribution is 7.92. The van der Waals surface area contributed by atoms with E-state index in [1.165, 1.54) is 12.8 Å². The van der Waals surface area contributed by atoms with Crippen LogP contribution in [0.3, 0.4) is 0 Å². The summed E-state index contributed by atoms with van der Waals surface area (Å²) in [6.45, 7) is 19.1. The van der Waals surface area contributed by atoms with Crippen LogP contribution in [0.4, 0.5) is 22.7 Å². The molecular weight excluding hydrogens is 595 g/mol. The lowest BCUT2D eigenvalue weighted by molar-refractivity contribution is -0.119. The number of hydrogen-bond donors (Lipinski definition) is 3. The van der Waals surface area contributed by atoms with Gasteiger partial charge in [0.2, 0.25) is 5.91 Å². The first-order valence-electron chi connectivity index (χ1n) is 16.9. The SMILES string of the molecule is CCCCCCOc1ccc(Nc2ccc(NS(=O)(=O)c3c(C(C)C)cc(C(C)C)cc3C(C)C)cc2NC(=O)C(C)CC)cc1. The van der Waals surface area contributed by atoms with Gasteiger partial charge in [-0.05, 0) is 89.8 Å². The molecule has 1 unspecified atom stereocenters. The minimum atomic E-state index is -3.96. The van der Waals surface area contributed by atoms with Crippen molar-refractivity contribution in [1.82, 2.24) is 0 Å². The van der Waals surface area contributed by atoms with Crippen LogP contribution in [0, 0.1) is 5.92 Å². The summed E-state index contributed by atoms with van der Waals surface area (Å²) in [5.74, 6) is 0.764. The molecule has 252 valence electrons. The average molecular weight is 650 g/mol. The molecule has 0 radical (unpaired) electrons. The molecule has 0 aliphatic heterocycles. The van der Waals surface area contributed by atoms with Crippen molar-refractivity contribution in [3.05, 3.63) is 71.3 Å². The minimum Gasteiger partial charge on any atom is -0.494 e. The van der Waals surface area contributed by atoms with Gasteiger partial charge in [-0.1, -0.05) is 93.7 Å². The molecule has 0 heterocycles. The maximum absolute atomic E-state index is 14.1. The van der Waals surface area contributed by atoms with Crippen molar-refractivity contribution in [3.8, 4) is 5.75 Å². The van der Waals surface area contributed by atoms with Gasteiger partial charge in [-0.25, -0.2) is 8.42 Å². The van der Waals surface area contributed by atoms with E-state index < -0.39 is 10.0 Å². The fourth-order valence-electron chi connectivity index (χ4n) is 5.18. The summed E-state index contributed by atoms with van der Waals surface area (Å²) in [6.07, 6.45) is 5.28. The zero-order chi connectivity index (χ0) is 34.0. The van der Waals surface area contributed by atoms with E-state index in [1.54, 1.807) is 18.2 Å². The summed E-state index contributed by atoms with van der Waals surface area (Å²) >= 11 is 0. The van der Waals surface area contributed by atoms with Gasteiger partial charge in [0.15, 0.2) is 0 Å². The van der Waals surface area contributed by atoms with Gasteiger partial charge in [0, 0.05) is 11.6 Å². The second-order valence-corrected chi connectivity index (χ2v) is 14.8. The van der Waals surface area contributed by atoms with Gasteiger partial charge in [-0.2, -0.15) is 0 Å². The van der Waals surface area contributed by atoms with Crippen LogP contribution in [0.25, 0.3) is 0 Å². The third kappa shape index (κ3) is 9.99. The van der Waals surface area contributed by atoms with Crippen LogP contribution < -0.4 is 20.1 Å². The molecule has 8 heteroatoms. The number of carbonyl (C=O) groups excluding carboxylic acids is 1. The molecule has 1 amide bonds. The highest BCUT2D eigenvalue weighted by Crippen LogP contribution is 2.37. The van der Waals surface area contributed by atoms with E-state index in [4.69, 9.17) is 4.74 Å². The van der Waals surface area contributed by atoms with Gasteiger partial charge >= 0.3 is 0 Å². The second-order valence-electron chi connectivity index (χ2n) is 13.2. The number of rotatable bonds is 17. The molecule has 7 nitrogen and oxygen atoms in total. The van der Waals surface area contributed by atoms with Crippen molar-refractivity contribution >= 4 is 38.7 Å². The fourth-order valence-corrected chi connectivity index (χ4v) is 6.93. The van der Waals surface area contributed by atoms with Gasteiger partial charge in [-0.15, -0.1) is 0 Å². The normalized spacial score (nSPS) is 12.4. The standard InChI is InChI=1S/C38H55N3O4S/c1-10-12-13-14-21-45-32-18-15-30(16-19-32)39-35-20-17-31(24-36(35)40-38(42)28(9)11-2)41-46(43,44)37-33(26(5)6)22-29(25(3)4)23-34(37)27(7)8/h15-20,22-28,39,41H,10-14,21H2,1-9H3,(H,40,42). The number of carbonyl (C=O) groups is 1. The molecule has 0 saturated carbocycles. The molecule has 3 rings (SSSR count). The second kappa shape index (κ2) is 16.9. The molecule has 46 heavy (non-hydrogen) atoms. The largest absolute Gasteiger partial charge is 0.494 e. The Labute approximate surface area is 278 Å². The third-order valence-electron chi connectivity index (χ3n) is 8.34. The van der Waals surface area contributed by atoms with E-state index in [0.717, 1.165) is 41.0 Å². The highest BCUT2D eigenvalue weighted by Gasteiger charge is 2.27. The molecule has 3 aromatic carbocycles. The number of unbranched alkanes of at least 4 members (excludes halogenated alkanes) is 3. The average Bonchev–Trinajstić information content (AvgIpc) is 3.01. The summed E-state index contributed by atoms with van der Waals surface area (Å²) < 4.78 is 37.0. The van der Waals surface area contributed by atoms with Crippen molar-refractivity contribution in [3.63, 3.8) is 0 Å². The van der Waals surface area contributed by atoms with E-state index in [9.17, 15) is 13.2 Å². The molecule has 0 spiro atoms. The van der Waals surface area contributed by atoms with Gasteiger partial charge in [0.05, 0.1) is 28.6 Å². The molecule has 0 fully saturated rings. The van der Waals surface area contributed by atoms with Gasteiger partial charge in [0.1, 0.15) is 5.75 Å². The molecule has 3 aromatic rings. The number of amides is 1. The third-order valence-corrected chi connectivity index (χ3v) is 9.85. The Morgan fingerprint density at radius 2 is 1.35 bits per heavy atom. The van der Waals surface area contributed by atoms with Crippen LogP contribution in [0.15, 0.2) is 59.5 Å². The van der Waals surface area contributed by atoms with Crippen LogP contribution in [0.1, 0.15) is 129 Å². The molecule has 0 aliphatic rings. The monoisotopic (exact) mass is 649 g/mol. The van der Waals surface area contributed by atoms with Gasteiger partial charge in [0.25, 0.3) is 10.0 Å². The van der Waals surface area contributed by atoms with E-state index in [-0.39, 0.29) is 29.6 Å². The lowest BCUT2D eigenvalue weighted by Crippen LogP contribution is -2.21. The van der Waals surface area contributed by atoms with Crippen LogP contribution in [0.2, 0.25) is 0 Å². The van der Waals surface area contributed by atoms with E-state index in [1.807, 2.05) is 77.9 Å². The van der Waals surface area contributed by atoms with Crippen molar-refractivity contribution in [2.75, 3.05) is 22.0 Å². The van der Waals surface area contributed by atoms with Crippen LogP contribution >= 0.6 is 0 Å². The minimum absolute atomic E-state index is 0.0116. The number of nitrogens with one attached hydrogen (secondary N) is 3. The maximum Gasteiger partial charge on any atom is 0.262 e.